The highest BCUT2D eigenvalue weighted by Gasteiger charge is 2.58. The lowest BCUT2D eigenvalue weighted by Crippen LogP contribution is -2.05. The molecule has 100 valence electrons. The van der Waals surface area contributed by atoms with E-state index in [9.17, 15) is 0 Å². The summed E-state index contributed by atoms with van der Waals surface area (Å²) in [7, 11) is 3.21. The third kappa shape index (κ3) is 1.86. The van der Waals surface area contributed by atoms with Gasteiger partial charge >= 0.3 is 0 Å². The Morgan fingerprint density at radius 3 is 2.39 bits per heavy atom. The molecule has 0 bridgehead atoms. The number of hydrogen-bond acceptors (Lipinski definition) is 3. The van der Waals surface area contributed by atoms with Crippen LogP contribution in [0.15, 0.2) is 12.1 Å². The molecule has 0 radical (unpaired) electrons. The van der Waals surface area contributed by atoms with Gasteiger partial charge in [0.15, 0.2) is 11.5 Å². The molecule has 0 saturated heterocycles. The highest BCUT2D eigenvalue weighted by molar-refractivity contribution is 6.33. The molecule has 0 heterocycles. The summed E-state index contributed by atoms with van der Waals surface area (Å²) >= 11 is 6.43. The van der Waals surface area contributed by atoms with Crippen LogP contribution in [-0.2, 0) is 0 Å². The van der Waals surface area contributed by atoms with E-state index < -0.39 is 0 Å². The first-order valence-electron chi connectivity index (χ1n) is 6.09. The van der Waals surface area contributed by atoms with E-state index in [2.05, 4.69) is 13.8 Å². The van der Waals surface area contributed by atoms with E-state index in [0.29, 0.717) is 34.9 Å². The second-order valence-electron chi connectivity index (χ2n) is 5.35. The molecule has 1 aromatic carbocycles. The van der Waals surface area contributed by atoms with Crippen molar-refractivity contribution < 1.29 is 9.47 Å². The lowest BCUT2D eigenvalue weighted by molar-refractivity contribution is 0.354. The normalized spacial score (nSPS) is 24.8. The molecular formula is C14H20ClNO2. The summed E-state index contributed by atoms with van der Waals surface area (Å²) in [4.78, 5) is 0. The molecule has 2 atom stereocenters. The zero-order chi connectivity index (χ0) is 13.5. The lowest BCUT2D eigenvalue weighted by atomic mass is 10.0. The Balaban J connectivity index is 2.42. The van der Waals surface area contributed by atoms with Crippen LogP contribution in [0, 0.1) is 11.3 Å². The topological polar surface area (TPSA) is 44.5 Å². The molecule has 4 heteroatoms. The van der Waals surface area contributed by atoms with Crippen LogP contribution in [0.5, 0.6) is 11.5 Å². The van der Waals surface area contributed by atoms with Gasteiger partial charge in [-0.25, -0.2) is 0 Å². The van der Waals surface area contributed by atoms with Gasteiger partial charge in [-0.2, -0.15) is 0 Å². The molecule has 0 aliphatic heterocycles. The Hall–Kier alpha value is -0.930. The van der Waals surface area contributed by atoms with Gasteiger partial charge in [0, 0.05) is 0 Å². The molecule has 3 nitrogen and oxygen atoms in total. The van der Waals surface area contributed by atoms with Gasteiger partial charge in [-0.1, -0.05) is 31.5 Å². The average molecular weight is 270 g/mol. The van der Waals surface area contributed by atoms with Crippen molar-refractivity contribution in [2.45, 2.75) is 19.8 Å². The number of ether oxygens (including phenoxy) is 2. The van der Waals surface area contributed by atoms with Crippen LogP contribution in [-0.4, -0.2) is 20.8 Å². The summed E-state index contributed by atoms with van der Waals surface area (Å²) in [5.41, 5.74) is 7.13. The van der Waals surface area contributed by atoms with Crippen molar-refractivity contribution in [1.29, 1.82) is 0 Å². The molecule has 1 aliphatic rings. The number of hydrogen-bond donors (Lipinski definition) is 1. The van der Waals surface area contributed by atoms with Crippen LogP contribution >= 0.6 is 11.6 Å². The van der Waals surface area contributed by atoms with E-state index in [1.807, 2.05) is 12.1 Å². The van der Waals surface area contributed by atoms with E-state index in [1.54, 1.807) is 14.2 Å². The summed E-state index contributed by atoms with van der Waals surface area (Å²) < 4.78 is 10.6. The highest BCUT2D eigenvalue weighted by atomic mass is 35.5. The SMILES string of the molecule is COc1ccc(C2C(CN)C2(C)C)c(Cl)c1OC. The first-order valence-corrected chi connectivity index (χ1v) is 6.47. The Morgan fingerprint density at radius 2 is 1.94 bits per heavy atom. The minimum atomic E-state index is 0.206. The summed E-state index contributed by atoms with van der Waals surface area (Å²) in [6.45, 7) is 5.13. The van der Waals surface area contributed by atoms with Gasteiger partial charge in [-0.05, 0) is 35.4 Å². The van der Waals surface area contributed by atoms with Crippen LogP contribution in [0.25, 0.3) is 0 Å². The van der Waals surface area contributed by atoms with Gasteiger partial charge in [0.25, 0.3) is 0 Å². The second kappa shape index (κ2) is 4.63. The van der Waals surface area contributed by atoms with Crippen molar-refractivity contribution in [3.8, 4) is 11.5 Å². The minimum absolute atomic E-state index is 0.206. The van der Waals surface area contributed by atoms with Gasteiger partial charge in [0.1, 0.15) is 0 Å². The van der Waals surface area contributed by atoms with Gasteiger partial charge in [-0.3, -0.25) is 0 Å². The first-order chi connectivity index (χ1) is 8.48. The molecule has 1 saturated carbocycles. The van der Waals surface area contributed by atoms with Gasteiger partial charge < -0.3 is 15.2 Å². The maximum Gasteiger partial charge on any atom is 0.179 e. The molecule has 18 heavy (non-hydrogen) atoms. The fraction of sp³-hybridized carbons (Fsp3) is 0.571. The summed E-state index contributed by atoms with van der Waals surface area (Å²) in [6, 6.07) is 3.92. The van der Waals surface area contributed by atoms with E-state index in [0.717, 1.165) is 5.56 Å². The number of rotatable bonds is 4. The maximum absolute atomic E-state index is 6.43. The predicted octanol–water partition coefficient (Wildman–Crippen LogP) is 3.06. The molecule has 0 amide bonds. The van der Waals surface area contributed by atoms with Crippen molar-refractivity contribution in [2.24, 2.45) is 17.1 Å². The van der Waals surface area contributed by atoms with Gasteiger partial charge in [0.05, 0.1) is 19.2 Å². The van der Waals surface area contributed by atoms with E-state index in [4.69, 9.17) is 26.8 Å². The van der Waals surface area contributed by atoms with Crippen molar-refractivity contribution in [3.63, 3.8) is 0 Å². The molecule has 1 aliphatic carbocycles. The maximum atomic E-state index is 6.43. The molecule has 0 aromatic heterocycles. The van der Waals surface area contributed by atoms with Crippen LogP contribution in [0.4, 0.5) is 0 Å². The number of nitrogens with two attached hydrogens (primary N) is 1. The largest absolute Gasteiger partial charge is 0.493 e. The van der Waals surface area contributed by atoms with Crippen LogP contribution in [0.1, 0.15) is 25.3 Å². The Labute approximate surface area is 113 Å². The van der Waals surface area contributed by atoms with Crippen LogP contribution in [0.2, 0.25) is 5.02 Å². The first kappa shape index (κ1) is 13.5. The molecule has 0 spiro atoms. The quantitative estimate of drug-likeness (QED) is 0.914. The van der Waals surface area contributed by atoms with Crippen molar-refractivity contribution >= 4 is 11.6 Å². The van der Waals surface area contributed by atoms with Gasteiger partial charge in [-0.15, -0.1) is 0 Å². The molecule has 1 aromatic rings. The summed E-state index contributed by atoms with van der Waals surface area (Å²) in [5.74, 6) is 2.15. The summed E-state index contributed by atoms with van der Waals surface area (Å²) in [6.07, 6.45) is 0. The Kier molecular flexibility index (Phi) is 3.47. The fourth-order valence-electron chi connectivity index (χ4n) is 2.95. The van der Waals surface area contributed by atoms with E-state index in [1.165, 1.54) is 0 Å². The molecular weight excluding hydrogens is 250 g/mol. The zero-order valence-electron chi connectivity index (χ0n) is 11.3. The van der Waals surface area contributed by atoms with Crippen molar-refractivity contribution in [3.05, 3.63) is 22.7 Å². The van der Waals surface area contributed by atoms with Crippen LogP contribution < -0.4 is 15.2 Å². The van der Waals surface area contributed by atoms with Gasteiger partial charge in [0.2, 0.25) is 0 Å². The Morgan fingerprint density at radius 1 is 1.28 bits per heavy atom. The summed E-state index contributed by atoms with van der Waals surface area (Å²) in [5, 5.41) is 0.644. The molecule has 2 N–H and O–H groups in total. The standard InChI is InChI=1S/C14H20ClNO2/c1-14(2)9(7-16)11(14)8-5-6-10(17-3)13(18-4)12(8)15/h5-6,9,11H,7,16H2,1-4H3. The van der Waals surface area contributed by atoms with Crippen molar-refractivity contribution in [1.82, 2.24) is 0 Å². The minimum Gasteiger partial charge on any atom is -0.493 e. The highest BCUT2D eigenvalue weighted by Crippen LogP contribution is 2.65. The fourth-order valence-corrected chi connectivity index (χ4v) is 3.30. The van der Waals surface area contributed by atoms with Crippen LogP contribution in [0.3, 0.4) is 0 Å². The third-order valence-electron chi connectivity index (χ3n) is 4.15. The molecule has 1 fully saturated rings. The second-order valence-corrected chi connectivity index (χ2v) is 5.72. The molecule has 2 unspecified atom stereocenters. The number of halogens is 1. The zero-order valence-corrected chi connectivity index (χ0v) is 12.0. The number of benzene rings is 1. The smallest absolute Gasteiger partial charge is 0.179 e. The molecule has 2 rings (SSSR count). The predicted molar refractivity (Wildman–Crippen MR) is 73.6 cm³/mol. The number of methoxy groups -OCH3 is 2. The van der Waals surface area contributed by atoms with Crippen molar-refractivity contribution in [2.75, 3.05) is 20.8 Å². The monoisotopic (exact) mass is 269 g/mol. The third-order valence-corrected chi connectivity index (χ3v) is 4.54. The Bertz CT molecular complexity index is 459. The van der Waals surface area contributed by atoms with E-state index in [-0.39, 0.29) is 5.41 Å². The lowest BCUT2D eigenvalue weighted by Gasteiger charge is -2.13. The average Bonchev–Trinajstić information content (AvgIpc) is 2.90. The van der Waals surface area contributed by atoms with E-state index >= 15 is 0 Å².